The van der Waals surface area contributed by atoms with Crippen LogP contribution in [-0.2, 0) is 14.8 Å². The largest absolute Gasteiger partial charge is 0.492 e. The minimum Gasteiger partial charge on any atom is -0.492 e. The van der Waals surface area contributed by atoms with Crippen LogP contribution in [0.3, 0.4) is 0 Å². The maximum absolute atomic E-state index is 12.7. The first-order valence-electron chi connectivity index (χ1n) is 10.8. The highest BCUT2D eigenvalue weighted by atomic mass is 35.5. The Morgan fingerprint density at radius 3 is 2.47 bits per heavy atom. The summed E-state index contributed by atoms with van der Waals surface area (Å²) in [5.74, 6) is 0.841. The van der Waals surface area contributed by atoms with Gasteiger partial charge < -0.3 is 14.8 Å². The normalized spacial score (nSPS) is 15.7. The van der Waals surface area contributed by atoms with Crippen molar-refractivity contribution in [1.29, 1.82) is 0 Å². The van der Waals surface area contributed by atoms with Gasteiger partial charge in [0.25, 0.3) is 5.91 Å². The monoisotopic (exact) mass is 480 g/mol. The second kappa shape index (κ2) is 11.5. The molecule has 1 saturated heterocycles. The fraction of sp³-hybridized carbons (Fsp3) is 0.435. The van der Waals surface area contributed by atoms with Gasteiger partial charge in [-0.05, 0) is 61.7 Å². The van der Waals surface area contributed by atoms with E-state index in [-0.39, 0.29) is 17.4 Å². The van der Waals surface area contributed by atoms with E-state index < -0.39 is 16.1 Å². The first-order chi connectivity index (χ1) is 15.4. The number of sulfonamides is 1. The molecule has 0 aliphatic carbocycles. The van der Waals surface area contributed by atoms with Crippen molar-refractivity contribution in [2.75, 3.05) is 26.2 Å². The Labute approximate surface area is 194 Å². The molecular weight excluding hydrogens is 452 g/mol. The standard InChI is InChI=1S/C23H29ClN2O5S/c1-2-22(31-20-8-6-7-18(24)17-20)23(27)25-13-16-30-19-9-11-21(12-10-19)32(28,29)26-14-4-3-5-15-26/h6-12,17,22H,2-5,13-16H2,1H3,(H,25,27)/t22-/m1/s1. The van der Waals surface area contributed by atoms with Crippen molar-refractivity contribution in [2.24, 2.45) is 0 Å². The smallest absolute Gasteiger partial charge is 0.261 e. The lowest BCUT2D eigenvalue weighted by atomic mass is 10.2. The van der Waals surface area contributed by atoms with E-state index in [0.717, 1.165) is 19.3 Å². The predicted molar refractivity (Wildman–Crippen MR) is 124 cm³/mol. The number of ether oxygens (including phenoxy) is 2. The molecule has 0 saturated carbocycles. The quantitative estimate of drug-likeness (QED) is 0.522. The highest BCUT2D eigenvalue weighted by Crippen LogP contribution is 2.23. The SMILES string of the molecule is CC[C@@H](Oc1cccc(Cl)c1)C(=O)NCCOc1ccc(S(=O)(=O)N2CCCCC2)cc1. The van der Waals surface area contributed by atoms with Crippen LogP contribution in [0.1, 0.15) is 32.6 Å². The van der Waals surface area contributed by atoms with Crippen LogP contribution in [0.5, 0.6) is 11.5 Å². The minimum atomic E-state index is -3.46. The number of amides is 1. The van der Waals surface area contributed by atoms with Gasteiger partial charge in [-0.25, -0.2) is 8.42 Å². The van der Waals surface area contributed by atoms with Gasteiger partial charge in [-0.15, -0.1) is 0 Å². The van der Waals surface area contributed by atoms with E-state index >= 15 is 0 Å². The van der Waals surface area contributed by atoms with Gasteiger partial charge in [0.05, 0.1) is 11.4 Å². The van der Waals surface area contributed by atoms with Gasteiger partial charge in [0.2, 0.25) is 10.0 Å². The first-order valence-corrected chi connectivity index (χ1v) is 12.6. The second-order valence-electron chi connectivity index (χ2n) is 7.55. The molecule has 0 aromatic heterocycles. The van der Waals surface area contributed by atoms with Crippen molar-refractivity contribution in [3.63, 3.8) is 0 Å². The van der Waals surface area contributed by atoms with Gasteiger partial charge in [0.1, 0.15) is 18.1 Å². The number of hydrogen-bond donors (Lipinski definition) is 1. The molecule has 3 rings (SSSR count). The number of nitrogens with zero attached hydrogens (tertiary/aromatic N) is 1. The molecule has 1 aliphatic heterocycles. The van der Waals surface area contributed by atoms with E-state index in [1.54, 1.807) is 48.5 Å². The van der Waals surface area contributed by atoms with Crippen LogP contribution in [0.4, 0.5) is 0 Å². The molecule has 1 fully saturated rings. The van der Waals surface area contributed by atoms with Gasteiger partial charge in [0.15, 0.2) is 6.10 Å². The molecule has 0 radical (unpaired) electrons. The van der Waals surface area contributed by atoms with Crippen LogP contribution < -0.4 is 14.8 Å². The number of benzene rings is 2. The molecule has 32 heavy (non-hydrogen) atoms. The number of halogens is 1. The molecule has 2 aromatic carbocycles. The third kappa shape index (κ3) is 6.60. The lowest BCUT2D eigenvalue weighted by molar-refractivity contribution is -0.128. The van der Waals surface area contributed by atoms with E-state index in [1.807, 2.05) is 6.92 Å². The maximum atomic E-state index is 12.7. The summed E-state index contributed by atoms with van der Waals surface area (Å²) in [6.45, 7) is 3.55. The average Bonchev–Trinajstić information content (AvgIpc) is 2.81. The van der Waals surface area contributed by atoms with Gasteiger partial charge in [-0.3, -0.25) is 4.79 Å². The molecule has 1 aliphatic rings. The Morgan fingerprint density at radius 1 is 1.09 bits per heavy atom. The molecule has 1 heterocycles. The Morgan fingerprint density at radius 2 is 1.81 bits per heavy atom. The van der Waals surface area contributed by atoms with E-state index in [1.165, 1.54) is 4.31 Å². The number of carbonyl (C=O) groups is 1. The number of hydrogen-bond acceptors (Lipinski definition) is 5. The van der Waals surface area contributed by atoms with E-state index in [9.17, 15) is 13.2 Å². The molecule has 1 atom stereocenters. The molecule has 1 N–H and O–H groups in total. The zero-order valence-electron chi connectivity index (χ0n) is 18.1. The summed E-state index contributed by atoms with van der Waals surface area (Å²) in [6, 6.07) is 13.3. The van der Waals surface area contributed by atoms with Crippen molar-refractivity contribution in [3.8, 4) is 11.5 Å². The molecule has 7 nitrogen and oxygen atoms in total. The van der Waals surface area contributed by atoms with Gasteiger partial charge >= 0.3 is 0 Å². The topological polar surface area (TPSA) is 84.9 Å². The Hall–Kier alpha value is -2.29. The maximum Gasteiger partial charge on any atom is 0.261 e. The Bertz CT molecular complexity index is 992. The van der Waals surface area contributed by atoms with Crippen molar-refractivity contribution in [1.82, 2.24) is 9.62 Å². The molecule has 174 valence electrons. The van der Waals surface area contributed by atoms with Crippen LogP contribution in [0, 0.1) is 0 Å². The molecular formula is C23H29ClN2O5S. The number of nitrogens with one attached hydrogen (secondary N) is 1. The minimum absolute atomic E-state index is 0.237. The van der Waals surface area contributed by atoms with E-state index in [2.05, 4.69) is 5.32 Å². The molecule has 9 heteroatoms. The molecule has 0 unspecified atom stereocenters. The second-order valence-corrected chi connectivity index (χ2v) is 9.92. The van der Waals surface area contributed by atoms with Crippen molar-refractivity contribution < 1.29 is 22.7 Å². The third-order valence-corrected chi connectivity index (χ3v) is 7.33. The summed E-state index contributed by atoms with van der Waals surface area (Å²) >= 11 is 5.95. The zero-order valence-corrected chi connectivity index (χ0v) is 19.7. The Kier molecular flexibility index (Phi) is 8.78. The number of carbonyl (C=O) groups excluding carboxylic acids is 1. The molecule has 0 spiro atoms. The highest BCUT2D eigenvalue weighted by molar-refractivity contribution is 7.89. The highest BCUT2D eigenvalue weighted by Gasteiger charge is 2.25. The molecule has 1 amide bonds. The fourth-order valence-corrected chi connectivity index (χ4v) is 5.14. The number of piperidine rings is 1. The molecule has 0 bridgehead atoms. The summed E-state index contributed by atoms with van der Waals surface area (Å²) in [5.41, 5.74) is 0. The predicted octanol–water partition coefficient (Wildman–Crippen LogP) is 3.87. The van der Waals surface area contributed by atoms with E-state index in [0.29, 0.717) is 42.6 Å². The lowest BCUT2D eigenvalue weighted by Gasteiger charge is -2.25. The van der Waals surface area contributed by atoms with Crippen molar-refractivity contribution in [2.45, 2.75) is 43.6 Å². The average molecular weight is 481 g/mol. The third-order valence-electron chi connectivity index (χ3n) is 5.18. The summed E-state index contributed by atoms with van der Waals surface area (Å²) < 4.78 is 38.3. The lowest BCUT2D eigenvalue weighted by Crippen LogP contribution is -2.39. The molecule has 2 aromatic rings. The number of rotatable bonds is 10. The fourth-order valence-electron chi connectivity index (χ4n) is 3.45. The van der Waals surface area contributed by atoms with Gasteiger partial charge in [0, 0.05) is 18.1 Å². The zero-order chi connectivity index (χ0) is 23.0. The first kappa shape index (κ1) is 24.4. The Balaban J connectivity index is 1.45. The van der Waals surface area contributed by atoms with E-state index in [4.69, 9.17) is 21.1 Å². The summed E-state index contributed by atoms with van der Waals surface area (Å²) in [7, 11) is -3.46. The van der Waals surface area contributed by atoms with Crippen LogP contribution in [0.2, 0.25) is 5.02 Å². The van der Waals surface area contributed by atoms with Gasteiger partial charge in [-0.2, -0.15) is 4.31 Å². The van der Waals surface area contributed by atoms with Gasteiger partial charge in [-0.1, -0.05) is 31.0 Å². The summed E-state index contributed by atoms with van der Waals surface area (Å²) in [6.07, 6.45) is 2.74. The van der Waals surface area contributed by atoms with Crippen LogP contribution in [0.15, 0.2) is 53.4 Å². The summed E-state index contributed by atoms with van der Waals surface area (Å²) in [4.78, 5) is 12.7. The van der Waals surface area contributed by atoms with Crippen LogP contribution in [0.25, 0.3) is 0 Å². The van der Waals surface area contributed by atoms with Crippen LogP contribution in [-0.4, -0.2) is 51.0 Å². The van der Waals surface area contributed by atoms with Crippen molar-refractivity contribution in [3.05, 3.63) is 53.6 Å². The van der Waals surface area contributed by atoms with Crippen molar-refractivity contribution >= 4 is 27.5 Å². The summed E-state index contributed by atoms with van der Waals surface area (Å²) in [5, 5.41) is 3.34. The van der Waals surface area contributed by atoms with Crippen LogP contribution >= 0.6 is 11.6 Å².